The third kappa shape index (κ3) is 4.26. The maximum absolute atomic E-state index is 11.2. The Morgan fingerprint density at radius 1 is 1.10 bits per heavy atom. The first-order valence-corrected chi connectivity index (χ1v) is 6.52. The first-order valence-electron chi connectivity index (χ1n) is 6.52. The number of carboxylic acid groups (broad SMARTS) is 1. The summed E-state index contributed by atoms with van der Waals surface area (Å²) in [6.45, 7) is 1.91. The van der Waals surface area contributed by atoms with E-state index in [0.717, 1.165) is 11.1 Å². The molecule has 0 atom stereocenters. The Morgan fingerprint density at radius 2 is 1.71 bits per heavy atom. The molecule has 0 fully saturated rings. The van der Waals surface area contributed by atoms with Crippen LogP contribution in [0.3, 0.4) is 0 Å². The average molecular weight is 285 g/mol. The van der Waals surface area contributed by atoms with Crippen molar-refractivity contribution in [1.82, 2.24) is 5.32 Å². The van der Waals surface area contributed by atoms with E-state index >= 15 is 0 Å². The van der Waals surface area contributed by atoms with Crippen molar-refractivity contribution in [3.8, 4) is 11.1 Å². The maximum atomic E-state index is 11.2. The molecule has 0 radical (unpaired) electrons. The zero-order valence-corrected chi connectivity index (χ0v) is 12.4. The van der Waals surface area contributed by atoms with Crippen LogP contribution in [0.5, 0.6) is 0 Å². The molecule has 0 aliphatic rings. The maximum Gasteiger partial charge on any atom is 0.336 e. The van der Waals surface area contributed by atoms with Crippen molar-refractivity contribution in [2.24, 2.45) is 0 Å². The van der Waals surface area contributed by atoms with Gasteiger partial charge in [0.15, 0.2) is 0 Å². The van der Waals surface area contributed by atoms with Crippen LogP contribution in [-0.4, -0.2) is 31.5 Å². The SMILES string of the molecule is CNC.Cc1ccccc1-c1cc(C=O)ccc1C(=O)O. The van der Waals surface area contributed by atoms with Gasteiger partial charge in [0, 0.05) is 5.56 Å². The summed E-state index contributed by atoms with van der Waals surface area (Å²) in [5.74, 6) is -0.995. The van der Waals surface area contributed by atoms with Gasteiger partial charge in [-0.25, -0.2) is 4.79 Å². The Kier molecular flexibility index (Phi) is 6.30. The average Bonchev–Trinajstić information content (AvgIpc) is 2.48. The fraction of sp³-hybridized carbons (Fsp3) is 0.176. The first kappa shape index (κ1) is 16.6. The van der Waals surface area contributed by atoms with E-state index in [1.807, 2.05) is 45.3 Å². The van der Waals surface area contributed by atoms with E-state index in [1.165, 1.54) is 12.1 Å². The molecule has 0 aliphatic carbocycles. The minimum atomic E-state index is -0.995. The highest BCUT2D eigenvalue weighted by Gasteiger charge is 2.13. The van der Waals surface area contributed by atoms with E-state index in [2.05, 4.69) is 5.32 Å². The Balaban J connectivity index is 0.000000677. The lowest BCUT2D eigenvalue weighted by atomic mass is 9.94. The molecular formula is C17H19NO3. The molecule has 0 heterocycles. The number of carbonyl (C=O) groups is 2. The van der Waals surface area contributed by atoms with Gasteiger partial charge < -0.3 is 10.4 Å². The summed E-state index contributed by atoms with van der Waals surface area (Å²) in [6, 6.07) is 12.1. The van der Waals surface area contributed by atoms with E-state index in [4.69, 9.17) is 0 Å². The second kappa shape index (κ2) is 7.97. The van der Waals surface area contributed by atoms with E-state index in [-0.39, 0.29) is 5.56 Å². The van der Waals surface area contributed by atoms with Crippen LogP contribution in [0, 0.1) is 6.92 Å². The second-order valence-corrected chi connectivity index (χ2v) is 4.54. The zero-order chi connectivity index (χ0) is 15.8. The largest absolute Gasteiger partial charge is 0.478 e. The van der Waals surface area contributed by atoms with Gasteiger partial charge in [-0.1, -0.05) is 30.3 Å². The lowest BCUT2D eigenvalue weighted by Crippen LogP contribution is -2.01. The second-order valence-electron chi connectivity index (χ2n) is 4.54. The molecule has 0 bridgehead atoms. The third-order valence-electron chi connectivity index (χ3n) is 2.85. The molecule has 2 rings (SSSR count). The van der Waals surface area contributed by atoms with Crippen LogP contribution in [0.2, 0.25) is 0 Å². The highest BCUT2D eigenvalue weighted by Crippen LogP contribution is 2.27. The van der Waals surface area contributed by atoms with Gasteiger partial charge in [-0.2, -0.15) is 0 Å². The zero-order valence-electron chi connectivity index (χ0n) is 12.4. The summed E-state index contributed by atoms with van der Waals surface area (Å²) >= 11 is 0. The van der Waals surface area contributed by atoms with Crippen molar-refractivity contribution in [3.63, 3.8) is 0 Å². The van der Waals surface area contributed by atoms with Gasteiger partial charge in [0.25, 0.3) is 0 Å². The molecule has 2 N–H and O–H groups in total. The van der Waals surface area contributed by atoms with Crippen LogP contribution in [0.4, 0.5) is 0 Å². The predicted octanol–water partition coefficient (Wildman–Crippen LogP) is 3.01. The molecular weight excluding hydrogens is 266 g/mol. The summed E-state index contributed by atoms with van der Waals surface area (Å²) in [5, 5.41) is 11.9. The van der Waals surface area contributed by atoms with Gasteiger partial charge >= 0.3 is 5.97 Å². The number of hydrogen-bond donors (Lipinski definition) is 2. The Bertz CT molecular complexity index is 636. The van der Waals surface area contributed by atoms with Crippen molar-refractivity contribution in [3.05, 3.63) is 59.2 Å². The highest BCUT2D eigenvalue weighted by molar-refractivity contribution is 5.98. The van der Waals surface area contributed by atoms with E-state index in [0.29, 0.717) is 17.4 Å². The molecule has 4 nitrogen and oxygen atoms in total. The molecule has 4 heteroatoms. The van der Waals surface area contributed by atoms with Gasteiger partial charge in [0.2, 0.25) is 0 Å². The number of carboxylic acids is 1. The number of rotatable bonds is 3. The number of benzene rings is 2. The molecule has 2 aromatic carbocycles. The van der Waals surface area contributed by atoms with Crippen LogP contribution in [-0.2, 0) is 0 Å². The van der Waals surface area contributed by atoms with Crippen molar-refractivity contribution in [1.29, 1.82) is 0 Å². The normalized spacial score (nSPS) is 9.48. The van der Waals surface area contributed by atoms with Gasteiger partial charge in [-0.15, -0.1) is 0 Å². The quantitative estimate of drug-likeness (QED) is 0.851. The molecule has 0 amide bonds. The number of hydrogen-bond acceptors (Lipinski definition) is 3. The van der Waals surface area contributed by atoms with Crippen molar-refractivity contribution < 1.29 is 14.7 Å². The van der Waals surface area contributed by atoms with Crippen molar-refractivity contribution in [2.45, 2.75) is 6.92 Å². The van der Waals surface area contributed by atoms with Gasteiger partial charge in [0.05, 0.1) is 5.56 Å². The van der Waals surface area contributed by atoms with Crippen molar-refractivity contribution >= 4 is 12.3 Å². The van der Waals surface area contributed by atoms with Crippen LogP contribution < -0.4 is 5.32 Å². The highest BCUT2D eigenvalue weighted by atomic mass is 16.4. The summed E-state index contributed by atoms with van der Waals surface area (Å²) in [7, 11) is 3.75. The number of aryl methyl sites for hydroxylation is 1. The summed E-state index contributed by atoms with van der Waals surface area (Å²) in [6.07, 6.45) is 0.716. The molecule has 21 heavy (non-hydrogen) atoms. The Morgan fingerprint density at radius 3 is 2.24 bits per heavy atom. The molecule has 0 aromatic heterocycles. The van der Waals surface area contributed by atoms with Gasteiger partial charge in [-0.05, 0) is 49.8 Å². The van der Waals surface area contributed by atoms with Crippen LogP contribution in [0.25, 0.3) is 11.1 Å². The summed E-state index contributed by atoms with van der Waals surface area (Å²) in [5.41, 5.74) is 3.06. The van der Waals surface area contributed by atoms with Gasteiger partial charge in [0.1, 0.15) is 6.29 Å². The molecule has 0 saturated heterocycles. The van der Waals surface area contributed by atoms with Gasteiger partial charge in [-0.3, -0.25) is 4.79 Å². The minimum absolute atomic E-state index is 0.204. The Hall–Kier alpha value is -2.46. The Labute approximate surface area is 124 Å². The molecule has 0 spiro atoms. The standard InChI is InChI=1S/C15H12O3.C2H7N/c1-10-4-2-3-5-12(10)14-8-11(9-16)6-7-13(14)15(17)18;1-3-2/h2-9H,1H3,(H,17,18);3H,1-2H3. The third-order valence-corrected chi connectivity index (χ3v) is 2.85. The van der Waals surface area contributed by atoms with E-state index in [1.54, 1.807) is 6.07 Å². The lowest BCUT2D eigenvalue weighted by Gasteiger charge is -2.09. The van der Waals surface area contributed by atoms with Crippen LogP contribution >= 0.6 is 0 Å². The van der Waals surface area contributed by atoms with Crippen LogP contribution in [0.1, 0.15) is 26.3 Å². The molecule has 0 saturated carbocycles. The topological polar surface area (TPSA) is 66.4 Å². The molecule has 0 unspecified atom stereocenters. The van der Waals surface area contributed by atoms with Crippen molar-refractivity contribution in [2.75, 3.05) is 14.1 Å². The molecule has 110 valence electrons. The first-order chi connectivity index (χ1) is 10.0. The molecule has 2 aromatic rings. The number of aromatic carboxylic acids is 1. The number of carbonyl (C=O) groups excluding carboxylic acids is 1. The number of nitrogens with one attached hydrogen (secondary N) is 1. The van der Waals surface area contributed by atoms with E-state index in [9.17, 15) is 14.7 Å². The molecule has 0 aliphatic heterocycles. The fourth-order valence-corrected chi connectivity index (χ4v) is 1.92. The minimum Gasteiger partial charge on any atom is -0.478 e. The summed E-state index contributed by atoms with van der Waals surface area (Å²) < 4.78 is 0. The summed E-state index contributed by atoms with van der Waals surface area (Å²) in [4.78, 5) is 22.0. The lowest BCUT2D eigenvalue weighted by molar-refractivity contribution is 0.0697. The van der Waals surface area contributed by atoms with Crippen LogP contribution in [0.15, 0.2) is 42.5 Å². The fourth-order valence-electron chi connectivity index (χ4n) is 1.92. The number of aldehydes is 1. The predicted molar refractivity (Wildman–Crippen MR) is 83.9 cm³/mol. The smallest absolute Gasteiger partial charge is 0.336 e. The monoisotopic (exact) mass is 285 g/mol. The van der Waals surface area contributed by atoms with E-state index < -0.39 is 5.97 Å².